The molecule has 316 valence electrons. The van der Waals surface area contributed by atoms with E-state index in [0.29, 0.717) is 69.5 Å². The van der Waals surface area contributed by atoms with Crippen LogP contribution in [-0.4, -0.2) is 37.1 Å². The average molecular weight is 839 g/mol. The van der Waals surface area contributed by atoms with Crippen molar-refractivity contribution in [2.45, 2.75) is 77.8 Å². The molecule has 2 aromatic heterocycles. The topological polar surface area (TPSA) is 142 Å². The van der Waals surface area contributed by atoms with E-state index in [1.807, 2.05) is 24.3 Å². The normalized spacial score (nSPS) is 21.6. The molecule has 8 aliphatic rings. The molecule has 0 saturated carbocycles. The second-order valence-electron chi connectivity index (χ2n) is 16.8. The van der Waals surface area contributed by atoms with E-state index in [1.54, 1.807) is 0 Å². The van der Waals surface area contributed by atoms with Crippen LogP contribution in [-0.2, 0) is 26.4 Å². The van der Waals surface area contributed by atoms with Gasteiger partial charge in [-0.15, -0.1) is 0 Å². The molecule has 8 aliphatic heterocycles. The Labute approximate surface area is 355 Å². The summed E-state index contributed by atoms with van der Waals surface area (Å²) in [7, 11) is 0. The number of hydrogen-bond donors (Lipinski definition) is 2. The van der Waals surface area contributed by atoms with Crippen LogP contribution < -0.4 is 56.8 Å². The van der Waals surface area contributed by atoms with Gasteiger partial charge in [0.25, 0.3) is 0 Å². The largest absolute Gasteiger partial charge is 0.474 e. The van der Waals surface area contributed by atoms with E-state index < -0.39 is 0 Å². The molecule has 0 saturated heterocycles. The molecule has 0 atom stereocenters. The van der Waals surface area contributed by atoms with Gasteiger partial charge in [-0.25, -0.2) is 0 Å². The van der Waals surface area contributed by atoms with Crippen LogP contribution in [0.1, 0.15) is 118 Å². The molecule has 14 heteroatoms. The fourth-order valence-electron chi connectivity index (χ4n) is 10.4. The minimum atomic E-state index is -0.258. The van der Waals surface area contributed by atoms with E-state index in [-0.39, 0.29) is 77.3 Å². The van der Waals surface area contributed by atoms with Crippen LogP contribution in [0.3, 0.4) is 0 Å². The van der Waals surface area contributed by atoms with Crippen LogP contribution in [0, 0.1) is 0 Å². The van der Waals surface area contributed by atoms with E-state index in [0.717, 1.165) is 66.8 Å². The molecule has 14 rings (SSSR count). The van der Waals surface area contributed by atoms with Crippen molar-refractivity contribution in [3.05, 3.63) is 115 Å². The Balaban J connectivity index is 1.19. The van der Waals surface area contributed by atoms with Gasteiger partial charge in [-0.3, -0.25) is 9.97 Å². The Morgan fingerprint density at radius 1 is 0.306 bits per heavy atom. The molecule has 0 radical (unpaired) electrons. The molecule has 10 heterocycles. The number of benzene rings is 4. The van der Waals surface area contributed by atoms with Crippen molar-refractivity contribution >= 4 is 0 Å². The van der Waals surface area contributed by atoms with E-state index in [2.05, 4.69) is 61.9 Å². The van der Waals surface area contributed by atoms with Crippen molar-refractivity contribution in [3.8, 4) is 69.5 Å². The Kier molecular flexibility index (Phi) is 7.65. The highest BCUT2D eigenvalue weighted by Crippen LogP contribution is 2.57. The zero-order valence-corrected chi connectivity index (χ0v) is 34.5. The summed E-state index contributed by atoms with van der Waals surface area (Å²) >= 11 is 0. The predicted octanol–water partition coefficient (Wildman–Crippen LogP) is 9.12. The van der Waals surface area contributed by atoms with Crippen molar-refractivity contribution in [2.24, 2.45) is 0 Å². The van der Waals surface area contributed by atoms with Crippen molar-refractivity contribution in [3.63, 3.8) is 0 Å². The van der Waals surface area contributed by atoms with Crippen LogP contribution in [0.4, 0.5) is 0 Å². The van der Waals surface area contributed by atoms with Gasteiger partial charge in [0.2, 0.25) is 27.2 Å². The fraction of sp³-hybridized carbons (Fsp3) is 0.333. The van der Waals surface area contributed by atoms with Gasteiger partial charge in [-0.2, -0.15) is 0 Å². The molecular weight excluding hydrogens is 797 g/mol. The predicted molar refractivity (Wildman–Crippen MR) is 219 cm³/mol. The first-order valence-electron chi connectivity index (χ1n) is 21.1. The smallest absolute Gasteiger partial charge is 0.230 e. The van der Waals surface area contributed by atoms with Crippen LogP contribution in [0.25, 0.3) is 0 Å². The number of H-pyrrole nitrogens is 2. The van der Waals surface area contributed by atoms with Gasteiger partial charge >= 0.3 is 0 Å². The highest BCUT2D eigenvalue weighted by Gasteiger charge is 2.40. The molecule has 16 bridgehead atoms. The molecule has 6 aromatic rings. The van der Waals surface area contributed by atoms with Crippen molar-refractivity contribution < 1.29 is 56.8 Å². The highest BCUT2D eigenvalue weighted by atomic mass is 16.7. The summed E-state index contributed by atoms with van der Waals surface area (Å²) in [4.78, 5) is 6.59. The summed E-state index contributed by atoms with van der Waals surface area (Å²) in [5.74, 6) is 6.21. The highest BCUT2D eigenvalue weighted by molar-refractivity contribution is 5.69. The Bertz CT molecular complexity index is 2500. The summed E-state index contributed by atoms with van der Waals surface area (Å²) in [6, 6.07) is 16.3. The number of rotatable bonds is 0. The molecule has 0 spiro atoms. The Morgan fingerprint density at radius 3 is 0.694 bits per heavy atom. The van der Waals surface area contributed by atoms with Gasteiger partial charge in [-0.1, -0.05) is 27.7 Å². The Morgan fingerprint density at radius 2 is 0.500 bits per heavy atom. The molecule has 2 N–H and O–H groups in total. The summed E-state index contributed by atoms with van der Waals surface area (Å²) in [6.07, 6.45) is 0. The van der Waals surface area contributed by atoms with Crippen LogP contribution in [0.5, 0.6) is 69.5 Å². The number of nitrogens with one attached hydrogen (secondary N) is 2. The third-order valence-corrected chi connectivity index (χ3v) is 13.6. The zero-order valence-electron chi connectivity index (χ0n) is 34.5. The first-order valence-corrected chi connectivity index (χ1v) is 21.1. The SMILES string of the molecule is CC1c2cc3c4c5c2OCOc2c1cc1c(c2COc2ccc([nH]2)OC5)OCOc2c(cc5c6c2COc2ccc([nH]2)OCc2c(c(cc(c2OCO4)C3C)C5C)OCO6)C1C. The third-order valence-electron chi connectivity index (χ3n) is 13.6. The summed E-state index contributed by atoms with van der Waals surface area (Å²) in [5.41, 5.74) is 10.7. The Hall–Kier alpha value is -6.96. The second kappa shape index (κ2) is 13.3. The standard InChI is InChI=1S/C48H42N2O12/c1-21-25-9-29-23(3)31-11-27-22(2)28-12-32-24(4)30-10-26(21)42-34-14-52-38-6-5-37(49-38)51-13-33(41(25)55-17-56-42)45(29)59-19-61-47(31)35-15-53-39-7-8-40(50-39)54-16-36(44(28)58-18-57-43(27)35)48(32)62-20-60-46(30)34/h5-12,21-24,49-50H,13-20H2,1-4H3. The third kappa shape index (κ3) is 5.15. The lowest BCUT2D eigenvalue weighted by Gasteiger charge is -2.36. The minimum Gasteiger partial charge on any atom is -0.474 e. The maximum atomic E-state index is 6.73. The first-order chi connectivity index (χ1) is 30.4. The zero-order chi connectivity index (χ0) is 41.4. The molecule has 0 aliphatic carbocycles. The summed E-state index contributed by atoms with van der Waals surface area (Å²) in [5, 5.41) is 0. The first kappa shape index (κ1) is 35.8. The van der Waals surface area contributed by atoms with Gasteiger partial charge in [0.05, 0.1) is 22.3 Å². The van der Waals surface area contributed by atoms with Crippen LogP contribution in [0.2, 0.25) is 0 Å². The molecule has 14 nitrogen and oxygen atoms in total. The number of fused-ring (bicyclic) bond motifs is 12. The van der Waals surface area contributed by atoms with Gasteiger partial charge in [0.1, 0.15) is 72.4 Å². The van der Waals surface area contributed by atoms with Gasteiger partial charge in [0, 0.05) is 92.4 Å². The molecular formula is C48H42N2O12. The summed E-state index contributed by atoms with van der Waals surface area (Å²) in [6.45, 7) is 8.89. The number of aromatic nitrogens is 2. The molecule has 0 unspecified atom stereocenters. The van der Waals surface area contributed by atoms with E-state index in [4.69, 9.17) is 56.8 Å². The summed E-state index contributed by atoms with van der Waals surface area (Å²) < 4.78 is 79.6. The monoisotopic (exact) mass is 838 g/mol. The average Bonchev–Trinajstić information content (AvgIpc) is 3.93. The van der Waals surface area contributed by atoms with E-state index in [1.165, 1.54) is 0 Å². The van der Waals surface area contributed by atoms with E-state index in [9.17, 15) is 0 Å². The van der Waals surface area contributed by atoms with Crippen LogP contribution in [0.15, 0.2) is 48.5 Å². The second-order valence-corrected chi connectivity index (χ2v) is 16.8. The van der Waals surface area contributed by atoms with Crippen molar-refractivity contribution in [2.75, 3.05) is 27.2 Å². The molecule has 0 fully saturated rings. The number of aromatic amines is 2. The maximum absolute atomic E-state index is 6.73. The number of hydrogen-bond acceptors (Lipinski definition) is 12. The van der Waals surface area contributed by atoms with E-state index >= 15 is 0 Å². The lowest BCUT2D eigenvalue weighted by molar-refractivity contribution is 0.0895. The lowest BCUT2D eigenvalue weighted by atomic mass is 9.78. The minimum absolute atomic E-state index is 0.0810. The van der Waals surface area contributed by atoms with Gasteiger partial charge < -0.3 is 56.8 Å². The number of ether oxygens (including phenoxy) is 12. The molecule has 62 heavy (non-hydrogen) atoms. The van der Waals surface area contributed by atoms with Gasteiger partial charge in [0.15, 0.2) is 23.5 Å². The lowest BCUT2D eigenvalue weighted by Crippen LogP contribution is -2.25. The van der Waals surface area contributed by atoms with Crippen molar-refractivity contribution in [1.82, 2.24) is 9.97 Å². The van der Waals surface area contributed by atoms with Gasteiger partial charge in [-0.05, 0) is 24.3 Å². The quantitative estimate of drug-likeness (QED) is 0.151. The molecule has 4 aromatic carbocycles. The maximum Gasteiger partial charge on any atom is 0.230 e. The van der Waals surface area contributed by atoms with Crippen molar-refractivity contribution in [1.29, 1.82) is 0 Å². The van der Waals surface area contributed by atoms with Crippen LogP contribution >= 0.6 is 0 Å². The fourth-order valence-corrected chi connectivity index (χ4v) is 10.4. The molecule has 0 amide bonds.